The zero-order valence-electron chi connectivity index (χ0n) is 15.5. The molecule has 1 heterocycles. The van der Waals surface area contributed by atoms with E-state index in [0.717, 1.165) is 35.0 Å². The highest BCUT2D eigenvalue weighted by molar-refractivity contribution is 6.31. The molecule has 27 heavy (non-hydrogen) atoms. The Morgan fingerprint density at radius 1 is 1.15 bits per heavy atom. The number of para-hydroxylation sites is 1. The smallest absolute Gasteiger partial charge is 0.258 e. The summed E-state index contributed by atoms with van der Waals surface area (Å²) in [6.07, 6.45) is 2.37. The highest BCUT2D eigenvalue weighted by Gasteiger charge is 2.25. The maximum atomic E-state index is 12.3. The van der Waals surface area contributed by atoms with Crippen LogP contribution in [0.25, 0.3) is 0 Å². The molecule has 1 atom stereocenters. The molecule has 3 rings (SSSR count). The summed E-state index contributed by atoms with van der Waals surface area (Å²) in [6, 6.07) is 15.7. The van der Waals surface area contributed by atoms with E-state index in [-0.39, 0.29) is 31.0 Å². The van der Waals surface area contributed by atoms with Gasteiger partial charge in [-0.2, -0.15) is 0 Å². The van der Waals surface area contributed by atoms with E-state index in [9.17, 15) is 4.79 Å². The minimum Gasteiger partial charge on any atom is -0.484 e. The van der Waals surface area contributed by atoms with Gasteiger partial charge in [-0.1, -0.05) is 48.0 Å². The molecular weight excluding hydrogens is 383 g/mol. The molecule has 2 aromatic carbocycles. The van der Waals surface area contributed by atoms with E-state index >= 15 is 0 Å². The highest BCUT2D eigenvalue weighted by atomic mass is 35.5. The van der Waals surface area contributed by atoms with Gasteiger partial charge in [-0.05, 0) is 56.1 Å². The Hall–Kier alpha value is -1.75. The van der Waals surface area contributed by atoms with Crippen LogP contribution < -0.4 is 10.1 Å². The van der Waals surface area contributed by atoms with Crippen molar-refractivity contribution in [3.05, 3.63) is 64.7 Å². The highest BCUT2D eigenvalue weighted by Crippen LogP contribution is 2.29. The van der Waals surface area contributed by atoms with Crippen LogP contribution in [0.1, 0.15) is 30.0 Å². The lowest BCUT2D eigenvalue weighted by Gasteiger charge is -2.29. The minimum atomic E-state index is -0.121. The number of aryl methyl sites for hydroxylation is 1. The van der Waals surface area contributed by atoms with E-state index in [0.29, 0.717) is 6.54 Å². The van der Waals surface area contributed by atoms with E-state index in [1.54, 1.807) is 0 Å². The second-order valence-corrected chi connectivity index (χ2v) is 7.05. The third kappa shape index (κ3) is 5.86. The van der Waals surface area contributed by atoms with Crippen LogP contribution in [0.15, 0.2) is 48.5 Å². The van der Waals surface area contributed by atoms with Gasteiger partial charge in [0.15, 0.2) is 6.61 Å². The summed E-state index contributed by atoms with van der Waals surface area (Å²) < 4.78 is 5.63. The molecule has 2 aromatic rings. The van der Waals surface area contributed by atoms with Crippen molar-refractivity contribution in [3.8, 4) is 5.75 Å². The Morgan fingerprint density at radius 3 is 2.52 bits per heavy atom. The van der Waals surface area contributed by atoms with Crippen LogP contribution >= 0.6 is 24.0 Å². The summed E-state index contributed by atoms with van der Waals surface area (Å²) in [4.78, 5) is 14.7. The van der Waals surface area contributed by atoms with Crippen molar-refractivity contribution in [2.75, 3.05) is 26.2 Å². The molecular formula is C21H26Cl2N2O2. The summed E-state index contributed by atoms with van der Waals surface area (Å²) in [6.45, 7) is 4.57. The van der Waals surface area contributed by atoms with E-state index in [2.05, 4.69) is 10.2 Å². The number of benzene rings is 2. The predicted molar refractivity (Wildman–Crippen MR) is 112 cm³/mol. The number of carbonyl (C=O) groups is 1. The van der Waals surface area contributed by atoms with Gasteiger partial charge < -0.3 is 10.1 Å². The van der Waals surface area contributed by atoms with E-state index < -0.39 is 0 Å². The number of hydrogen-bond donors (Lipinski definition) is 1. The number of amides is 1. The van der Waals surface area contributed by atoms with E-state index in [1.165, 1.54) is 12.8 Å². The van der Waals surface area contributed by atoms with Gasteiger partial charge in [0.1, 0.15) is 5.75 Å². The third-order valence-electron chi connectivity index (χ3n) is 4.79. The van der Waals surface area contributed by atoms with Crippen molar-refractivity contribution in [2.45, 2.75) is 25.8 Å². The molecule has 1 fully saturated rings. The molecule has 146 valence electrons. The zero-order valence-corrected chi connectivity index (χ0v) is 17.1. The molecule has 1 N–H and O–H groups in total. The van der Waals surface area contributed by atoms with Crippen molar-refractivity contribution < 1.29 is 9.53 Å². The molecule has 6 heteroatoms. The van der Waals surface area contributed by atoms with Gasteiger partial charge in [0.05, 0.1) is 6.04 Å². The Morgan fingerprint density at radius 2 is 1.81 bits per heavy atom. The van der Waals surface area contributed by atoms with Crippen molar-refractivity contribution in [1.82, 2.24) is 10.2 Å². The molecule has 0 spiro atoms. The lowest BCUT2D eigenvalue weighted by molar-refractivity contribution is -0.123. The first-order chi connectivity index (χ1) is 12.6. The Kier molecular flexibility index (Phi) is 8.42. The Labute approximate surface area is 172 Å². The van der Waals surface area contributed by atoms with Crippen LogP contribution in [-0.2, 0) is 4.79 Å². The van der Waals surface area contributed by atoms with Crippen molar-refractivity contribution in [3.63, 3.8) is 0 Å². The largest absolute Gasteiger partial charge is 0.484 e. The Balaban J connectivity index is 0.00000261. The number of likely N-dealkylation sites (tertiary alicyclic amines) is 1. The molecule has 0 radical (unpaired) electrons. The summed E-state index contributed by atoms with van der Waals surface area (Å²) in [7, 11) is 0. The first-order valence-electron chi connectivity index (χ1n) is 9.09. The number of rotatable bonds is 7. The number of ether oxygens (including phenoxy) is 1. The molecule has 1 aliphatic rings. The van der Waals surface area contributed by atoms with Crippen molar-refractivity contribution in [1.29, 1.82) is 0 Å². The fourth-order valence-corrected chi connectivity index (χ4v) is 3.62. The number of nitrogens with zero attached hydrogens (tertiary/aromatic N) is 1. The van der Waals surface area contributed by atoms with E-state index in [1.807, 2.05) is 55.5 Å². The average Bonchev–Trinajstić information content (AvgIpc) is 3.17. The first-order valence-corrected chi connectivity index (χ1v) is 9.46. The SMILES string of the molecule is Cc1ccccc1OCC(=O)NCC(c1ccccc1Cl)N1CCCC1.Cl. The fourth-order valence-electron chi connectivity index (χ4n) is 3.36. The molecule has 1 aliphatic heterocycles. The van der Waals surface area contributed by atoms with Crippen LogP contribution in [0.2, 0.25) is 5.02 Å². The molecule has 0 aliphatic carbocycles. The molecule has 1 saturated heterocycles. The number of hydrogen-bond acceptors (Lipinski definition) is 3. The first kappa shape index (κ1) is 21.5. The van der Waals surface area contributed by atoms with Crippen LogP contribution in [-0.4, -0.2) is 37.0 Å². The van der Waals surface area contributed by atoms with Gasteiger partial charge in [-0.3, -0.25) is 9.69 Å². The van der Waals surface area contributed by atoms with Crippen LogP contribution in [0.5, 0.6) is 5.75 Å². The standard InChI is InChI=1S/C21H25ClN2O2.ClH/c1-16-8-2-5-11-20(16)26-15-21(25)23-14-19(24-12-6-7-13-24)17-9-3-4-10-18(17)22;/h2-5,8-11,19H,6-7,12-15H2,1H3,(H,23,25);1H. The summed E-state index contributed by atoms with van der Waals surface area (Å²) in [5.74, 6) is 0.620. The molecule has 0 aromatic heterocycles. The summed E-state index contributed by atoms with van der Waals surface area (Å²) in [5.41, 5.74) is 2.09. The van der Waals surface area contributed by atoms with Crippen molar-refractivity contribution in [2.24, 2.45) is 0 Å². The topological polar surface area (TPSA) is 41.6 Å². The fraction of sp³-hybridized carbons (Fsp3) is 0.381. The normalized spacial score (nSPS) is 15.0. The van der Waals surface area contributed by atoms with Crippen molar-refractivity contribution >= 4 is 29.9 Å². The predicted octanol–water partition coefficient (Wildman–Crippen LogP) is 4.40. The maximum absolute atomic E-state index is 12.3. The number of carbonyl (C=O) groups excluding carboxylic acids is 1. The monoisotopic (exact) mass is 408 g/mol. The lowest BCUT2D eigenvalue weighted by atomic mass is 10.1. The van der Waals surface area contributed by atoms with Crippen LogP contribution in [0, 0.1) is 6.92 Å². The summed E-state index contributed by atoms with van der Waals surface area (Å²) >= 11 is 6.41. The average molecular weight is 409 g/mol. The maximum Gasteiger partial charge on any atom is 0.258 e. The lowest BCUT2D eigenvalue weighted by Crippen LogP contribution is -2.38. The molecule has 4 nitrogen and oxygen atoms in total. The number of halogens is 2. The third-order valence-corrected chi connectivity index (χ3v) is 5.13. The van der Waals surface area contributed by atoms with E-state index in [4.69, 9.17) is 16.3 Å². The van der Waals surface area contributed by atoms with Gasteiger partial charge in [0, 0.05) is 11.6 Å². The van der Waals surface area contributed by atoms with Gasteiger partial charge in [0.25, 0.3) is 5.91 Å². The molecule has 1 unspecified atom stereocenters. The number of nitrogens with one attached hydrogen (secondary N) is 1. The summed E-state index contributed by atoms with van der Waals surface area (Å²) in [5, 5.41) is 3.76. The molecule has 0 saturated carbocycles. The quantitative estimate of drug-likeness (QED) is 0.737. The minimum absolute atomic E-state index is 0. The van der Waals surface area contributed by atoms with Crippen LogP contribution in [0.4, 0.5) is 0 Å². The molecule has 1 amide bonds. The second-order valence-electron chi connectivity index (χ2n) is 6.64. The van der Waals surface area contributed by atoms with Gasteiger partial charge in [-0.25, -0.2) is 0 Å². The van der Waals surface area contributed by atoms with Gasteiger partial charge in [-0.15, -0.1) is 12.4 Å². The molecule has 0 bridgehead atoms. The van der Waals surface area contributed by atoms with Crippen LogP contribution in [0.3, 0.4) is 0 Å². The Bertz CT molecular complexity index is 748. The zero-order chi connectivity index (χ0) is 18.4. The second kappa shape index (κ2) is 10.5. The van der Waals surface area contributed by atoms with Gasteiger partial charge >= 0.3 is 0 Å². The van der Waals surface area contributed by atoms with Gasteiger partial charge in [0.2, 0.25) is 0 Å².